The lowest BCUT2D eigenvalue weighted by Gasteiger charge is -2.33. The Morgan fingerprint density at radius 2 is 1.62 bits per heavy atom. The maximum atomic E-state index is 14.1. The van der Waals surface area contributed by atoms with Crippen LogP contribution in [0.3, 0.4) is 0 Å². The molecule has 0 saturated carbocycles. The minimum absolute atomic E-state index is 0.0555. The number of aromatic hydroxyl groups is 1. The van der Waals surface area contributed by atoms with E-state index in [1.54, 1.807) is 45.0 Å². The number of alkyl carbamates (subject to hydrolysis) is 1. The minimum atomic E-state index is -1.14. The number of hydrogen-bond donors (Lipinski definition) is 3. The van der Waals surface area contributed by atoms with Crippen LogP contribution in [-0.4, -0.2) is 52.6 Å². The molecule has 0 fully saturated rings. The summed E-state index contributed by atoms with van der Waals surface area (Å²) in [5.74, 6) is -0.938. The van der Waals surface area contributed by atoms with E-state index in [-0.39, 0.29) is 18.7 Å². The summed E-state index contributed by atoms with van der Waals surface area (Å²) in [5.41, 5.74) is 1.50. The number of nitrogens with zero attached hydrogens (tertiary/aromatic N) is 2. The van der Waals surface area contributed by atoms with Crippen molar-refractivity contribution in [3.05, 3.63) is 65.2 Å². The predicted molar refractivity (Wildman–Crippen MR) is 153 cm³/mol. The van der Waals surface area contributed by atoms with Crippen LogP contribution < -0.4 is 10.6 Å². The first-order chi connectivity index (χ1) is 19.0. The smallest absolute Gasteiger partial charge is 0.408 e. The van der Waals surface area contributed by atoms with Gasteiger partial charge in [-0.15, -0.1) is 0 Å². The van der Waals surface area contributed by atoms with Crippen molar-refractivity contribution in [1.82, 2.24) is 15.5 Å². The average molecular weight is 551 g/mol. The van der Waals surface area contributed by atoms with Crippen LogP contribution in [0.4, 0.5) is 4.79 Å². The van der Waals surface area contributed by atoms with E-state index >= 15 is 0 Å². The van der Waals surface area contributed by atoms with Gasteiger partial charge in [-0.25, -0.2) is 4.79 Å². The van der Waals surface area contributed by atoms with Crippen LogP contribution in [0.2, 0.25) is 0 Å². The second-order valence-corrected chi connectivity index (χ2v) is 10.7. The fourth-order valence-corrected chi connectivity index (χ4v) is 4.18. The van der Waals surface area contributed by atoms with E-state index in [4.69, 9.17) is 4.74 Å². The summed E-state index contributed by atoms with van der Waals surface area (Å²) in [6.07, 6.45) is 2.80. The van der Waals surface area contributed by atoms with E-state index in [0.717, 1.165) is 31.2 Å². The fraction of sp³-hybridized carbons (Fsp3) is 0.484. The van der Waals surface area contributed by atoms with E-state index in [2.05, 4.69) is 17.6 Å². The number of carbonyl (C=O) groups excluding carboxylic acids is 3. The molecule has 0 aliphatic heterocycles. The van der Waals surface area contributed by atoms with Gasteiger partial charge in [-0.2, -0.15) is 5.26 Å². The molecule has 2 atom stereocenters. The third-order valence-corrected chi connectivity index (χ3v) is 6.23. The summed E-state index contributed by atoms with van der Waals surface area (Å²) in [6, 6.07) is 13.4. The second kappa shape index (κ2) is 15.5. The number of ether oxygens (including phenoxy) is 1. The number of hydrogen-bond acceptors (Lipinski definition) is 6. The first-order valence-electron chi connectivity index (χ1n) is 13.8. The molecule has 2 aromatic carbocycles. The molecule has 0 aliphatic rings. The highest BCUT2D eigenvalue weighted by Crippen LogP contribution is 2.24. The molecule has 0 bridgehead atoms. The molecule has 9 heteroatoms. The van der Waals surface area contributed by atoms with Gasteiger partial charge in [-0.05, 0) is 62.4 Å². The molecular weight excluding hydrogens is 508 g/mol. The van der Waals surface area contributed by atoms with E-state index in [1.165, 1.54) is 17.0 Å². The van der Waals surface area contributed by atoms with Crippen molar-refractivity contribution < 1.29 is 24.2 Å². The largest absolute Gasteiger partial charge is 0.508 e. The SMILES string of the molecule is CCCCCNC(=O)C(c1ccc(CC)cc1)N(CC#N)C(=O)C(Cc1ccc(O)cc1)NC(=O)OC(C)(C)C. The quantitative estimate of drug-likeness (QED) is 0.243. The first-order valence-corrected chi connectivity index (χ1v) is 13.8. The number of unbranched alkanes of at least 4 members (excludes halogenated alkanes) is 2. The second-order valence-electron chi connectivity index (χ2n) is 10.7. The van der Waals surface area contributed by atoms with Crippen molar-refractivity contribution in [1.29, 1.82) is 5.26 Å². The molecule has 0 saturated heterocycles. The zero-order valence-corrected chi connectivity index (χ0v) is 24.2. The summed E-state index contributed by atoms with van der Waals surface area (Å²) in [5, 5.41) is 25.0. The van der Waals surface area contributed by atoms with Crippen LogP contribution in [0.1, 0.15) is 76.6 Å². The number of nitriles is 1. The highest BCUT2D eigenvalue weighted by Gasteiger charge is 2.36. The molecule has 0 spiro atoms. The van der Waals surface area contributed by atoms with Crippen LogP contribution in [0.15, 0.2) is 48.5 Å². The Morgan fingerprint density at radius 3 is 2.17 bits per heavy atom. The molecule has 2 unspecified atom stereocenters. The Morgan fingerprint density at radius 1 is 1.00 bits per heavy atom. The van der Waals surface area contributed by atoms with Crippen molar-refractivity contribution in [2.45, 2.75) is 84.4 Å². The summed E-state index contributed by atoms with van der Waals surface area (Å²) in [7, 11) is 0. The molecule has 2 rings (SSSR count). The van der Waals surface area contributed by atoms with Gasteiger partial charge in [0, 0.05) is 13.0 Å². The van der Waals surface area contributed by atoms with Gasteiger partial charge < -0.3 is 25.4 Å². The number of aryl methyl sites for hydroxylation is 1. The van der Waals surface area contributed by atoms with Gasteiger partial charge in [0.25, 0.3) is 0 Å². The van der Waals surface area contributed by atoms with Crippen LogP contribution >= 0.6 is 0 Å². The van der Waals surface area contributed by atoms with Crippen molar-refractivity contribution in [2.24, 2.45) is 0 Å². The average Bonchev–Trinajstić information content (AvgIpc) is 2.90. The molecule has 3 amide bonds. The zero-order chi connectivity index (χ0) is 29.7. The lowest BCUT2D eigenvalue weighted by Crippen LogP contribution is -2.54. The van der Waals surface area contributed by atoms with Crippen LogP contribution in [-0.2, 0) is 27.2 Å². The maximum absolute atomic E-state index is 14.1. The molecule has 216 valence electrons. The monoisotopic (exact) mass is 550 g/mol. The van der Waals surface area contributed by atoms with Crippen molar-refractivity contribution in [3.63, 3.8) is 0 Å². The molecule has 0 aromatic heterocycles. The Labute approximate surface area is 237 Å². The van der Waals surface area contributed by atoms with Gasteiger partial charge in [0.2, 0.25) is 11.8 Å². The van der Waals surface area contributed by atoms with Gasteiger partial charge in [-0.3, -0.25) is 9.59 Å². The number of benzene rings is 2. The number of phenols is 1. The van der Waals surface area contributed by atoms with Gasteiger partial charge >= 0.3 is 6.09 Å². The maximum Gasteiger partial charge on any atom is 0.408 e. The molecule has 0 aliphatic carbocycles. The van der Waals surface area contributed by atoms with Gasteiger partial charge in [0.1, 0.15) is 30.0 Å². The molecular formula is C31H42N4O5. The van der Waals surface area contributed by atoms with Gasteiger partial charge in [0.15, 0.2) is 0 Å². The highest BCUT2D eigenvalue weighted by molar-refractivity contribution is 5.92. The molecule has 9 nitrogen and oxygen atoms in total. The highest BCUT2D eigenvalue weighted by atomic mass is 16.6. The summed E-state index contributed by atoms with van der Waals surface area (Å²) >= 11 is 0. The van der Waals surface area contributed by atoms with Crippen molar-refractivity contribution in [2.75, 3.05) is 13.1 Å². The number of amides is 3. The Balaban J connectivity index is 2.49. The molecule has 40 heavy (non-hydrogen) atoms. The standard InChI is InChI=1S/C31H42N4O5/c1-6-8-9-19-33-28(37)27(24-14-10-22(7-2)11-15-24)35(20-18-32)29(38)26(34-30(39)40-31(3,4)5)21-23-12-16-25(36)17-13-23/h10-17,26-27,36H,6-9,19-21H2,1-5H3,(H,33,37)(H,34,39). The third-order valence-electron chi connectivity index (χ3n) is 6.23. The third kappa shape index (κ3) is 10.3. The van der Waals surface area contributed by atoms with Crippen LogP contribution in [0, 0.1) is 11.3 Å². The summed E-state index contributed by atoms with van der Waals surface area (Å²) < 4.78 is 5.40. The van der Waals surface area contributed by atoms with E-state index in [1.807, 2.05) is 25.1 Å². The lowest BCUT2D eigenvalue weighted by atomic mass is 9.99. The topological polar surface area (TPSA) is 132 Å². The van der Waals surface area contributed by atoms with E-state index in [9.17, 15) is 24.8 Å². The summed E-state index contributed by atoms with van der Waals surface area (Å²) in [4.78, 5) is 41.6. The Hall–Kier alpha value is -4.06. The summed E-state index contributed by atoms with van der Waals surface area (Å²) in [6.45, 7) is 9.30. The molecule has 3 N–H and O–H groups in total. The van der Waals surface area contributed by atoms with Crippen LogP contribution in [0.5, 0.6) is 5.75 Å². The minimum Gasteiger partial charge on any atom is -0.508 e. The Kier molecular flexibility index (Phi) is 12.5. The Bertz CT molecular complexity index is 1150. The van der Waals surface area contributed by atoms with Gasteiger partial charge in [0.05, 0.1) is 6.07 Å². The van der Waals surface area contributed by atoms with Crippen LogP contribution in [0.25, 0.3) is 0 Å². The molecule has 0 radical (unpaired) electrons. The molecule has 0 heterocycles. The fourth-order valence-electron chi connectivity index (χ4n) is 4.18. The normalized spacial score (nSPS) is 12.5. The van der Waals surface area contributed by atoms with E-state index in [0.29, 0.717) is 17.7 Å². The number of rotatable bonds is 13. The van der Waals surface area contributed by atoms with E-state index < -0.39 is 35.6 Å². The number of nitrogens with one attached hydrogen (secondary N) is 2. The number of phenolic OH excluding ortho intramolecular Hbond substituents is 1. The van der Waals surface area contributed by atoms with Crippen molar-refractivity contribution in [3.8, 4) is 11.8 Å². The zero-order valence-electron chi connectivity index (χ0n) is 24.2. The van der Waals surface area contributed by atoms with Crippen molar-refractivity contribution >= 4 is 17.9 Å². The number of carbonyl (C=O) groups is 3. The first kappa shape index (κ1) is 32.2. The molecule has 2 aromatic rings. The lowest BCUT2D eigenvalue weighted by molar-refractivity contribution is -0.141. The predicted octanol–water partition coefficient (Wildman–Crippen LogP) is 4.79. The van der Waals surface area contributed by atoms with Gasteiger partial charge in [-0.1, -0.05) is 63.1 Å².